The van der Waals surface area contributed by atoms with Crippen LogP contribution in [0, 0.1) is 0 Å². The van der Waals surface area contributed by atoms with Crippen LogP contribution in [0.5, 0.6) is 6.01 Å². The quantitative estimate of drug-likeness (QED) is 0.800. The average molecular weight is 250 g/mol. The number of nitrogens with two attached hydrogens (primary N) is 1. The van der Waals surface area contributed by atoms with Crippen molar-refractivity contribution in [2.75, 3.05) is 19.5 Å². The Kier molecular flexibility index (Phi) is 3.68. The lowest BCUT2D eigenvalue weighted by Gasteiger charge is -2.12. The van der Waals surface area contributed by atoms with Crippen LogP contribution in [0.4, 0.5) is 5.95 Å². The van der Waals surface area contributed by atoms with Crippen molar-refractivity contribution in [3.63, 3.8) is 0 Å². The largest absolute Gasteiger partial charge is 0.458 e. The van der Waals surface area contributed by atoms with E-state index in [0.29, 0.717) is 12.6 Å². The minimum Gasteiger partial charge on any atom is -0.458 e. The molecule has 2 rings (SSSR count). The van der Waals surface area contributed by atoms with Gasteiger partial charge in [0.2, 0.25) is 5.95 Å². The molecule has 0 radical (unpaired) electrons. The predicted molar refractivity (Wildman–Crippen MR) is 63.3 cm³/mol. The topological polar surface area (TPSA) is 101 Å². The molecule has 2 heterocycles. The Bertz CT molecular complexity index is 501. The van der Waals surface area contributed by atoms with E-state index in [-0.39, 0.29) is 18.1 Å². The van der Waals surface area contributed by atoms with Gasteiger partial charge >= 0.3 is 6.01 Å². The number of anilines is 1. The minimum absolute atomic E-state index is 0.0788. The highest BCUT2D eigenvalue weighted by Gasteiger charge is 2.10. The van der Waals surface area contributed by atoms with Crippen molar-refractivity contribution in [3.05, 3.63) is 18.5 Å². The fourth-order valence-electron chi connectivity index (χ4n) is 1.35. The zero-order valence-corrected chi connectivity index (χ0v) is 10.1. The maximum Gasteiger partial charge on any atom is 0.323 e. The smallest absolute Gasteiger partial charge is 0.323 e. The summed E-state index contributed by atoms with van der Waals surface area (Å²) in [5.41, 5.74) is 5.60. The van der Waals surface area contributed by atoms with Crippen LogP contribution in [0.3, 0.4) is 0 Å². The van der Waals surface area contributed by atoms with E-state index >= 15 is 0 Å². The Morgan fingerprint density at radius 3 is 2.89 bits per heavy atom. The fourth-order valence-corrected chi connectivity index (χ4v) is 1.35. The van der Waals surface area contributed by atoms with Gasteiger partial charge in [-0.25, -0.2) is 4.68 Å². The van der Waals surface area contributed by atoms with Gasteiger partial charge in [0.15, 0.2) is 0 Å². The second-order valence-corrected chi connectivity index (χ2v) is 3.61. The predicted octanol–water partition coefficient (Wildman–Crippen LogP) is 0.0532. The van der Waals surface area contributed by atoms with E-state index < -0.39 is 0 Å². The van der Waals surface area contributed by atoms with Gasteiger partial charge in [0, 0.05) is 19.5 Å². The van der Waals surface area contributed by atoms with Gasteiger partial charge in [-0.15, -0.1) is 0 Å². The molecule has 0 saturated carbocycles. The summed E-state index contributed by atoms with van der Waals surface area (Å²) in [6.45, 7) is 2.28. The lowest BCUT2D eigenvalue weighted by Crippen LogP contribution is -2.20. The monoisotopic (exact) mass is 250 g/mol. The summed E-state index contributed by atoms with van der Waals surface area (Å²) in [6, 6.07) is 1.91. The minimum atomic E-state index is -0.178. The second kappa shape index (κ2) is 5.41. The van der Waals surface area contributed by atoms with Crippen molar-refractivity contribution in [3.8, 4) is 12.0 Å². The molecule has 2 aromatic rings. The van der Waals surface area contributed by atoms with Gasteiger partial charge in [-0.3, -0.25) is 0 Å². The normalized spacial score (nSPS) is 12.3. The molecule has 0 fully saturated rings. The van der Waals surface area contributed by atoms with Crippen molar-refractivity contribution in [1.29, 1.82) is 0 Å². The van der Waals surface area contributed by atoms with Gasteiger partial charge in [-0.1, -0.05) is 0 Å². The molecule has 0 saturated heterocycles. The molecular weight excluding hydrogens is 236 g/mol. The zero-order chi connectivity index (χ0) is 13.0. The number of nitrogens with zero attached hydrogens (tertiary/aromatic N) is 5. The number of aromatic nitrogens is 5. The van der Waals surface area contributed by atoms with Crippen molar-refractivity contribution < 1.29 is 9.47 Å². The Labute approximate surface area is 104 Å². The molecule has 18 heavy (non-hydrogen) atoms. The molecule has 0 aromatic carbocycles. The summed E-state index contributed by atoms with van der Waals surface area (Å²) in [7, 11) is 1.59. The lowest BCUT2D eigenvalue weighted by molar-refractivity contribution is 0.0854. The van der Waals surface area contributed by atoms with Gasteiger partial charge in [0.25, 0.3) is 5.95 Å². The third-order valence-electron chi connectivity index (χ3n) is 2.04. The Hall–Kier alpha value is -2.22. The number of rotatable bonds is 5. The van der Waals surface area contributed by atoms with Crippen LogP contribution in [-0.4, -0.2) is 44.6 Å². The van der Waals surface area contributed by atoms with Gasteiger partial charge in [0.1, 0.15) is 6.10 Å². The SMILES string of the molecule is COCC(C)Oc1nc(N)nc(-n2cccn2)n1. The first-order valence-electron chi connectivity index (χ1n) is 5.36. The molecule has 0 aliphatic rings. The maximum atomic E-state index is 5.60. The summed E-state index contributed by atoms with van der Waals surface area (Å²) in [6.07, 6.45) is 3.15. The number of nitrogen functional groups attached to an aromatic ring is 1. The number of hydrogen-bond donors (Lipinski definition) is 1. The van der Waals surface area contributed by atoms with Gasteiger partial charge in [-0.05, 0) is 13.0 Å². The Morgan fingerprint density at radius 2 is 2.22 bits per heavy atom. The summed E-state index contributed by atoms with van der Waals surface area (Å²) in [4.78, 5) is 12.0. The number of methoxy groups -OCH3 is 1. The van der Waals surface area contributed by atoms with Crippen LogP contribution in [0.25, 0.3) is 5.95 Å². The first-order chi connectivity index (χ1) is 8.69. The summed E-state index contributed by atoms with van der Waals surface area (Å²) in [5.74, 6) is 0.391. The molecule has 0 spiro atoms. The highest BCUT2D eigenvalue weighted by molar-refractivity contribution is 5.24. The van der Waals surface area contributed by atoms with E-state index in [1.807, 2.05) is 6.92 Å². The highest BCUT2D eigenvalue weighted by atomic mass is 16.5. The Morgan fingerprint density at radius 1 is 1.39 bits per heavy atom. The molecule has 1 atom stereocenters. The molecule has 8 nitrogen and oxygen atoms in total. The number of ether oxygens (including phenoxy) is 2. The van der Waals surface area contributed by atoms with Crippen LogP contribution in [0.2, 0.25) is 0 Å². The fraction of sp³-hybridized carbons (Fsp3) is 0.400. The van der Waals surface area contributed by atoms with Crippen molar-refractivity contribution in [1.82, 2.24) is 24.7 Å². The molecule has 96 valence electrons. The summed E-state index contributed by atoms with van der Waals surface area (Å²) < 4.78 is 11.9. The van der Waals surface area contributed by atoms with E-state index in [4.69, 9.17) is 15.2 Å². The summed E-state index contributed by atoms with van der Waals surface area (Å²) >= 11 is 0. The number of hydrogen-bond acceptors (Lipinski definition) is 7. The van der Waals surface area contributed by atoms with E-state index in [2.05, 4.69) is 20.1 Å². The molecule has 8 heteroatoms. The standard InChI is InChI=1S/C10H14N6O2/c1-7(6-17-2)18-10-14-8(11)13-9(15-10)16-5-3-4-12-16/h3-5,7H,6H2,1-2H3,(H2,11,13,14,15). The third-order valence-corrected chi connectivity index (χ3v) is 2.04. The molecule has 2 aromatic heterocycles. The lowest BCUT2D eigenvalue weighted by atomic mass is 10.4. The van der Waals surface area contributed by atoms with Crippen LogP contribution < -0.4 is 10.5 Å². The van der Waals surface area contributed by atoms with Gasteiger partial charge < -0.3 is 15.2 Å². The maximum absolute atomic E-state index is 5.60. The highest BCUT2D eigenvalue weighted by Crippen LogP contribution is 2.09. The summed E-state index contributed by atoms with van der Waals surface area (Å²) in [5, 5.41) is 4.01. The van der Waals surface area contributed by atoms with Crippen LogP contribution in [0.1, 0.15) is 6.92 Å². The molecule has 1 unspecified atom stereocenters. The first kappa shape index (κ1) is 12.2. The van der Waals surface area contributed by atoms with E-state index in [1.165, 1.54) is 4.68 Å². The van der Waals surface area contributed by atoms with Crippen LogP contribution in [-0.2, 0) is 4.74 Å². The van der Waals surface area contributed by atoms with E-state index in [9.17, 15) is 0 Å². The molecule has 0 aliphatic heterocycles. The van der Waals surface area contributed by atoms with Crippen LogP contribution >= 0.6 is 0 Å². The van der Waals surface area contributed by atoms with E-state index in [1.54, 1.807) is 25.6 Å². The second-order valence-electron chi connectivity index (χ2n) is 3.61. The van der Waals surface area contributed by atoms with Crippen molar-refractivity contribution >= 4 is 5.95 Å². The average Bonchev–Trinajstić information content (AvgIpc) is 2.81. The molecule has 0 amide bonds. The molecule has 0 bridgehead atoms. The third kappa shape index (κ3) is 2.92. The molecule has 2 N–H and O–H groups in total. The van der Waals surface area contributed by atoms with Gasteiger partial charge in [-0.2, -0.15) is 20.1 Å². The van der Waals surface area contributed by atoms with Crippen molar-refractivity contribution in [2.24, 2.45) is 0 Å². The Balaban J connectivity index is 2.22. The zero-order valence-electron chi connectivity index (χ0n) is 10.1. The van der Waals surface area contributed by atoms with Crippen LogP contribution in [0.15, 0.2) is 18.5 Å². The van der Waals surface area contributed by atoms with E-state index in [0.717, 1.165) is 0 Å². The van der Waals surface area contributed by atoms with Gasteiger partial charge in [0.05, 0.1) is 6.61 Å². The molecule has 0 aliphatic carbocycles. The molecular formula is C10H14N6O2. The first-order valence-corrected chi connectivity index (χ1v) is 5.36. The van der Waals surface area contributed by atoms with Crippen molar-refractivity contribution in [2.45, 2.75) is 13.0 Å².